The number of imide groups is 1. The van der Waals surface area contributed by atoms with Gasteiger partial charge in [0.15, 0.2) is 11.5 Å². The molecule has 0 unspecified atom stereocenters. The van der Waals surface area contributed by atoms with Crippen LogP contribution in [0.1, 0.15) is 28.8 Å². The fourth-order valence-electron chi connectivity index (χ4n) is 3.11. The van der Waals surface area contributed by atoms with Gasteiger partial charge >= 0.3 is 0 Å². The van der Waals surface area contributed by atoms with Crippen LogP contribution in [0, 0.1) is 0 Å². The first-order valence-corrected chi connectivity index (χ1v) is 11.0. The van der Waals surface area contributed by atoms with E-state index in [0.29, 0.717) is 17.1 Å². The summed E-state index contributed by atoms with van der Waals surface area (Å²) in [6.45, 7) is 0.0504. The van der Waals surface area contributed by atoms with Crippen molar-refractivity contribution in [2.75, 3.05) is 20.8 Å². The molecule has 0 bridgehead atoms. The number of phenolic OH excluding ortho intramolecular Hbond substituents is 1. The van der Waals surface area contributed by atoms with E-state index in [1.807, 2.05) is 0 Å². The lowest BCUT2D eigenvalue weighted by atomic mass is 10.2. The third-order valence-corrected chi connectivity index (χ3v) is 5.74. The molecule has 0 aromatic heterocycles. The van der Waals surface area contributed by atoms with Crippen molar-refractivity contribution in [3.8, 4) is 17.2 Å². The highest BCUT2D eigenvalue weighted by atomic mass is 32.2. The molecule has 0 atom stereocenters. The SMILES string of the molecule is COc1ccc(C=C2SC(=O)N(CCCC(=O)NNC(=O)c3ccccc3O)C2=O)cc1OC. The van der Waals surface area contributed by atoms with Crippen LogP contribution in [-0.4, -0.2) is 53.7 Å². The van der Waals surface area contributed by atoms with Crippen molar-refractivity contribution in [1.82, 2.24) is 15.8 Å². The lowest BCUT2D eigenvalue weighted by Crippen LogP contribution is -2.42. The van der Waals surface area contributed by atoms with Gasteiger partial charge in [-0.15, -0.1) is 0 Å². The zero-order valence-corrected chi connectivity index (χ0v) is 19.3. The molecule has 4 amide bonds. The number of aromatic hydroxyl groups is 1. The fourth-order valence-corrected chi connectivity index (χ4v) is 3.97. The molecule has 1 heterocycles. The molecule has 2 aromatic rings. The van der Waals surface area contributed by atoms with Gasteiger partial charge in [-0.1, -0.05) is 18.2 Å². The second kappa shape index (κ2) is 11.2. The van der Waals surface area contributed by atoms with Crippen molar-refractivity contribution >= 4 is 40.8 Å². The molecule has 11 heteroatoms. The van der Waals surface area contributed by atoms with Crippen LogP contribution in [0.15, 0.2) is 47.4 Å². The Labute approximate surface area is 199 Å². The second-order valence-corrected chi connectivity index (χ2v) is 8.06. The number of carbonyl (C=O) groups excluding carboxylic acids is 4. The minimum Gasteiger partial charge on any atom is -0.507 e. The number of hydrogen-bond donors (Lipinski definition) is 3. The number of phenols is 1. The van der Waals surface area contributed by atoms with Gasteiger partial charge in [0.2, 0.25) is 5.91 Å². The number of para-hydroxylation sites is 1. The third-order valence-electron chi connectivity index (χ3n) is 4.83. The number of rotatable bonds is 8. The van der Waals surface area contributed by atoms with Crippen LogP contribution in [0.4, 0.5) is 4.79 Å². The summed E-state index contributed by atoms with van der Waals surface area (Å²) in [5.74, 6) is -0.791. The monoisotopic (exact) mass is 485 g/mol. The molecule has 3 rings (SSSR count). The number of nitrogens with zero attached hydrogens (tertiary/aromatic N) is 1. The third kappa shape index (κ3) is 5.87. The van der Waals surface area contributed by atoms with Crippen LogP contribution < -0.4 is 20.3 Å². The topological polar surface area (TPSA) is 134 Å². The zero-order valence-electron chi connectivity index (χ0n) is 18.5. The van der Waals surface area contributed by atoms with Gasteiger partial charge in [-0.05, 0) is 54.1 Å². The van der Waals surface area contributed by atoms with Crippen molar-refractivity contribution in [3.05, 3.63) is 58.5 Å². The van der Waals surface area contributed by atoms with Gasteiger partial charge in [0.05, 0.1) is 24.7 Å². The Kier molecular flexibility index (Phi) is 8.14. The highest BCUT2D eigenvalue weighted by molar-refractivity contribution is 8.18. The number of methoxy groups -OCH3 is 2. The first kappa shape index (κ1) is 24.6. The summed E-state index contributed by atoms with van der Waals surface area (Å²) >= 11 is 0.817. The van der Waals surface area contributed by atoms with E-state index in [2.05, 4.69) is 10.9 Å². The van der Waals surface area contributed by atoms with Crippen molar-refractivity contribution in [1.29, 1.82) is 0 Å². The zero-order chi connectivity index (χ0) is 24.7. The smallest absolute Gasteiger partial charge is 0.293 e. The molecule has 1 aliphatic rings. The maximum atomic E-state index is 12.7. The second-order valence-electron chi connectivity index (χ2n) is 7.07. The van der Waals surface area contributed by atoms with Gasteiger partial charge in [-0.2, -0.15) is 0 Å². The quantitative estimate of drug-likeness (QED) is 0.384. The predicted octanol–water partition coefficient (Wildman–Crippen LogP) is 2.69. The van der Waals surface area contributed by atoms with Crippen LogP contribution in [0.2, 0.25) is 0 Å². The van der Waals surface area contributed by atoms with E-state index < -0.39 is 23.0 Å². The largest absolute Gasteiger partial charge is 0.507 e. The minimum atomic E-state index is -0.669. The lowest BCUT2D eigenvalue weighted by Gasteiger charge is -2.12. The molecule has 178 valence electrons. The predicted molar refractivity (Wildman–Crippen MR) is 125 cm³/mol. The van der Waals surface area contributed by atoms with E-state index in [-0.39, 0.29) is 35.6 Å². The summed E-state index contributed by atoms with van der Waals surface area (Å²) < 4.78 is 10.4. The number of hydrazine groups is 1. The molecule has 1 fully saturated rings. The molecule has 3 N–H and O–H groups in total. The maximum absolute atomic E-state index is 12.7. The van der Waals surface area contributed by atoms with E-state index in [9.17, 15) is 24.3 Å². The molecule has 0 saturated carbocycles. The molecule has 0 radical (unpaired) electrons. The summed E-state index contributed by atoms with van der Waals surface area (Å²) in [5.41, 5.74) is 5.13. The number of thioether (sulfide) groups is 1. The van der Waals surface area contributed by atoms with Gasteiger partial charge in [-0.3, -0.25) is 34.9 Å². The van der Waals surface area contributed by atoms with Crippen LogP contribution >= 0.6 is 11.8 Å². The van der Waals surface area contributed by atoms with E-state index >= 15 is 0 Å². The average Bonchev–Trinajstić information content (AvgIpc) is 3.10. The van der Waals surface area contributed by atoms with Crippen LogP contribution in [-0.2, 0) is 9.59 Å². The Balaban J connectivity index is 1.51. The molecule has 1 aliphatic heterocycles. The number of nitrogens with one attached hydrogen (secondary N) is 2. The summed E-state index contributed by atoms with van der Waals surface area (Å²) in [4.78, 5) is 50.3. The number of hydrogen-bond acceptors (Lipinski definition) is 8. The Morgan fingerprint density at radius 3 is 2.50 bits per heavy atom. The molecule has 0 aliphatic carbocycles. The van der Waals surface area contributed by atoms with Gasteiger partial charge in [0, 0.05) is 13.0 Å². The molecule has 2 aromatic carbocycles. The minimum absolute atomic E-state index is 0.0156. The molecular weight excluding hydrogens is 462 g/mol. The lowest BCUT2D eigenvalue weighted by molar-refractivity contribution is -0.124. The number of carbonyl (C=O) groups is 4. The van der Waals surface area contributed by atoms with Gasteiger partial charge in [0.25, 0.3) is 17.1 Å². The Bertz CT molecular complexity index is 1150. The fraction of sp³-hybridized carbons (Fsp3) is 0.217. The van der Waals surface area contributed by atoms with Crippen molar-refractivity contribution in [3.63, 3.8) is 0 Å². The molecule has 34 heavy (non-hydrogen) atoms. The molecule has 1 saturated heterocycles. The summed E-state index contributed by atoms with van der Waals surface area (Å²) in [5, 5.41) is 9.24. The molecule has 10 nitrogen and oxygen atoms in total. The highest BCUT2D eigenvalue weighted by Crippen LogP contribution is 2.34. The standard InChI is InChI=1S/C23H23N3O7S/c1-32-17-10-9-14(12-18(17)33-2)13-19-22(30)26(23(31)34-19)11-5-8-20(28)24-25-21(29)15-6-3-4-7-16(15)27/h3-4,6-7,9-10,12-13,27H,5,8,11H2,1-2H3,(H,24,28)(H,25,29). The van der Waals surface area contributed by atoms with Crippen LogP contribution in [0.5, 0.6) is 17.2 Å². The van der Waals surface area contributed by atoms with E-state index in [1.165, 1.54) is 26.4 Å². The van der Waals surface area contributed by atoms with Crippen molar-refractivity contribution < 1.29 is 33.8 Å². The average molecular weight is 486 g/mol. The normalized spacial score (nSPS) is 14.3. The van der Waals surface area contributed by atoms with Gasteiger partial charge in [-0.25, -0.2) is 0 Å². The first-order valence-electron chi connectivity index (χ1n) is 10.2. The van der Waals surface area contributed by atoms with Crippen molar-refractivity contribution in [2.24, 2.45) is 0 Å². The number of ether oxygens (including phenoxy) is 2. The first-order chi connectivity index (χ1) is 16.3. The number of benzene rings is 2. The Hall–Kier alpha value is -3.99. The van der Waals surface area contributed by atoms with Gasteiger partial charge in [0.1, 0.15) is 5.75 Å². The highest BCUT2D eigenvalue weighted by Gasteiger charge is 2.34. The maximum Gasteiger partial charge on any atom is 0.293 e. The molecular formula is C23H23N3O7S. The van der Waals surface area contributed by atoms with Crippen molar-refractivity contribution in [2.45, 2.75) is 12.8 Å². The summed E-state index contributed by atoms with van der Waals surface area (Å²) in [6.07, 6.45) is 1.77. The van der Waals surface area contributed by atoms with E-state index in [4.69, 9.17) is 9.47 Å². The summed E-state index contributed by atoms with van der Waals surface area (Å²) in [6, 6.07) is 11.0. The number of amides is 4. The van der Waals surface area contributed by atoms with Crippen LogP contribution in [0.3, 0.4) is 0 Å². The van der Waals surface area contributed by atoms with E-state index in [0.717, 1.165) is 16.7 Å². The van der Waals surface area contributed by atoms with Gasteiger partial charge < -0.3 is 14.6 Å². The Morgan fingerprint density at radius 1 is 1.06 bits per heavy atom. The Morgan fingerprint density at radius 2 is 1.79 bits per heavy atom. The van der Waals surface area contributed by atoms with Crippen LogP contribution in [0.25, 0.3) is 6.08 Å². The summed E-state index contributed by atoms with van der Waals surface area (Å²) in [7, 11) is 3.02. The van der Waals surface area contributed by atoms with E-state index in [1.54, 1.807) is 36.4 Å². The molecule has 0 spiro atoms.